The first-order valence-corrected chi connectivity index (χ1v) is 24.4. The maximum Gasteiger partial charge on any atom is 0.257 e. The molecular formula is C66H39BN2O2. The number of nitrogens with zero attached hydrogens (tertiary/aromatic N) is 2. The molecule has 4 nitrogen and oxygen atoms in total. The molecule has 0 spiro atoms. The molecule has 5 heteroatoms. The molecule has 11 aromatic carbocycles. The summed E-state index contributed by atoms with van der Waals surface area (Å²) in [7, 11) is 0. The predicted molar refractivity (Wildman–Crippen MR) is 296 cm³/mol. The number of furan rings is 2. The van der Waals surface area contributed by atoms with Crippen molar-refractivity contribution in [1.29, 1.82) is 0 Å². The van der Waals surface area contributed by atoms with E-state index >= 15 is 0 Å². The number of anilines is 3. The van der Waals surface area contributed by atoms with E-state index in [1.807, 2.05) is 0 Å². The van der Waals surface area contributed by atoms with Gasteiger partial charge >= 0.3 is 0 Å². The minimum absolute atomic E-state index is 0.235. The van der Waals surface area contributed by atoms with Crippen LogP contribution < -0.4 is 21.3 Å². The van der Waals surface area contributed by atoms with E-state index in [4.69, 9.17) is 8.83 Å². The van der Waals surface area contributed by atoms with Gasteiger partial charge in [-0.15, -0.1) is 0 Å². The van der Waals surface area contributed by atoms with Gasteiger partial charge in [0.15, 0.2) is 0 Å². The van der Waals surface area contributed by atoms with Gasteiger partial charge in [0.2, 0.25) is 0 Å². The van der Waals surface area contributed by atoms with Gasteiger partial charge in [0.25, 0.3) is 6.71 Å². The molecule has 71 heavy (non-hydrogen) atoms. The molecule has 0 aliphatic carbocycles. The molecule has 328 valence electrons. The second kappa shape index (κ2) is 14.6. The molecule has 0 saturated carbocycles. The third-order valence-corrected chi connectivity index (χ3v) is 15.3. The maximum atomic E-state index is 7.19. The van der Waals surface area contributed by atoms with Crippen LogP contribution in [-0.2, 0) is 0 Å². The average molecular weight is 903 g/mol. The predicted octanol–water partition coefficient (Wildman–Crippen LogP) is 15.9. The molecule has 0 N–H and O–H groups in total. The maximum absolute atomic E-state index is 7.19. The lowest BCUT2D eigenvalue weighted by Gasteiger charge is -2.42. The molecule has 16 rings (SSSR count). The number of fused-ring (bicyclic) bond motifs is 14. The smallest absolute Gasteiger partial charge is 0.257 e. The molecule has 3 aromatic heterocycles. The summed E-state index contributed by atoms with van der Waals surface area (Å²) >= 11 is 0. The molecule has 14 aromatic rings. The fourth-order valence-corrected chi connectivity index (χ4v) is 12.3. The highest BCUT2D eigenvalue weighted by Crippen LogP contribution is 2.51. The van der Waals surface area contributed by atoms with Crippen LogP contribution in [0, 0.1) is 0 Å². The zero-order valence-electron chi connectivity index (χ0n) is 38.3. The average Bonchev–Trinajstić information content (AvgIpc) is 4.11. The van der Waals surface area contributed by atoms with Crippen molar-refractivity contribution in [2.75, 3.05) is 4.90 Å². The van der Waals surface area contributed by atoms with Crippen LogP contribution in [-0.4, -0.2) is 11.3 Å². The normalized spacial score (nSPS) is 12.7. The van der Waals surface area contributed by atoms with Crippen LogP contribution in [0.5, 0.6) is 0 Å². The van der Waals surface area contributed by atoms with Gasteiger partial charge < -0.3 is 18.3 Å². The van der Waals surface area contributed by atoms with Crippen LogP contribution in [0.15, 0.2) is 245 Å². The lowest BCUT2D eigenvalue weighted by molar-refractivity contribution is 0.669. The Morgan fingerprint density at radius 2 is 0.915 bits per heavy atom. The summed E-state index contributed by atoms with van der Waals surface area (Å²) in [5, 5.41) is 6.83. The van der Waals surface area contributed by atoms with Gasteiger partial charge in [-0.2, -0.15) is 0 Å². The van der Waals surface area contributed by atoms with Gasteiger partial charge in [-0.3, -0.25) is 0 Å². The zero-order chi connectivity index (χ0) is 46.3. The first-order chi connectivity index (χ1) is 35.2. The van der Waals surface area contributed by atoms with Crippen molar-refractivity contribution in [2.45, 2.75) is 0 Å². The molecule has 0 saturated heterocycles. The largest absolute Gasteiger partial charge is 0.457 e. The molecule has 0 unspecified atom stereocenters. The summed E-state index contributed by atoms with van der Waals surface area (Å²) in [6.45, 7) is -0.235. The Labute approximate surface area is 408 Å². The molecule has 2 aliphatic heterocycles. The van der Waals surface area contributed by atoms with Crippen LogP contribution in [0.25, 0.3) is 116 Å². The highest BCUT2D eigenvalue weighted by atomic mass is 16.3. The first-order valence-electron chi connectivity index (χ1n) is 24.4. The van der Waals surface area contributed by atoms with Gasteiger partial charge in [0.05, 0.1) is 16.7 Å². The van der Waals surface area contributed by atoms with Crippen molar-refractivity contribution < 1.29 is 8.83 Å². The number of hydrogen-bond acceptors (Lipinski definition) is 3. The Kier molecular flexibility index (Phi) is 7.94. The zero-order valence-corrected chi connectivity index (χ0v) is 38.3. The van der Waals surface area contributed by atoms with E-state index in [1.54, 1.807) is 0 Å². The van der Waals surface area contributed by atoms with E-state index in [0.29, 0.717) is 0 Å². The highest BCUT2D eigenvalue weighted by molar-refractivity contribution is 7.01. The highest BCUT2D eigenvalue weighted by Gasteiger charge is 2.45. The lowest BCUT2D eigenvalue weighted by atomic mass is 9.33. The minimum Gasteiger partial charge on any atom is -0.457 e. The van der Waals surface area contributed by atoms with Crippen LogP contribution in [0.4, 0.5) is 17.1 Å². The Bertz CT molecular complexity index is 4460. The Morgan fingerprint density at radius 1 is 0.324 bits per heavy atom. The van der Waals surface area contributed by atoms with Crippen molar-refractivity contribution in [2.24, 2.45) is 0 Å². The lowest BCUT2D eigenvalue weighted by Crippen LogP contribution is -2.60. The minimum atomic E-state index is -0.235. The van der Waals surface area contributed by atoms with E-state index in [9.17, 15) is 0 Å². The third-order valence-electron chi connectivity index (χ3n) is 15.3. The molecule has 0 bridgehead atoms. The van der Waals surface area contributed by atoms with Crippen LogP contribution in [0.2, 0.25) is 0 Å². The van der Waals surface area contributed by atoms with Crippen molar-refractivity contribution in [3.8, 4) is 50.2 Å². The van der Waals surface area contributed by atoms with Crippen LogP contribution >= 0.6 is 0 Å². The number of aromatic nitrogens is 1. The molecule has 0 radical (unpaired) electrons. The Morgan fingerprint density at radius 3 is 1.63 bits per heavy atom. The standard InChI is InChI=1S/C66H39BN2O2/c1-5-18-40(19-6-1)44-32-33-60-50(34-44)51-38-56-54(39-61(51)70-60)67-62-57(68-55-30-15-13-26-48(55)52-37-53-49-27-14-16-31-59(49)71-66(53)63(67)65(52)68)35-45(41-20-7-2-8-21-41)36-58(62)69(56)64-46(42-22-9-3-10-23-42)28-17-29-47(64)43-24-11-4-12-25-43/h1-39H. The summed E-state index contributed by atoms with van der Waals surface area (Å²) in [4.78, 5) is 2.60. The van der Waals surface area contributed by atoms with Gasteiger partial charge in [-0.05, 0) is 104 Å². The number of rotatable bonds is 5. The van der Waals surface area contributed by atoms with Crippen molar-refractivity contribution in [3.05, 3.63) is 237 Å². The summed E-state index contributed by atoms with van der Waals surface area (Å²) in [5.41, 5.74) is 23.1. The van der Waals surface area contributed by atoms with Gasteiger partial charge in [0.1, 0.15) is 22.3 Å². The van der Waals surface area contributed by atoms with E-state index < -0.39 is 0 Å². The van der Waals surface area contributed by atoms with Crippen LogP contribution in [0.1, 0.15) is 0 Å². The first kappa shape index (κ1) is 38.6. The van der Waals surface area contributed by atoms with Crippen molar-refractivity contribution >= 4 is 106 Å². The van der Waals surface area contributed by atoms with E-state index in [-0.39, 0.29) is 6.71 Å². The molecule has 0 atom stereocenters. The fraction of sp³-hybridized carbons (Fsp3) is 0. The second-order valence-electron chi connectivity index (χ2n) is 19.1. The van der Waals surface area contributed by atoms with Gasteiger partial charge in [-0.25, -0.2) is 0 Å². The van der Waals surface area contributed by atoms with Gasteiger partial charge in [0, 0.05) is 60.5 Å². The topological polar surface area (TPSA) is 34.5 Å². The molecular weight excluding hydrogens is 864 g/mol. The van der Waals surface area contributed by atoms with Gasteiger partial charge in [-0.1, -0.05) is 182 Å². The van der Waals surface area contributed by atoms with Crippen molar-refractivity contribution in [1.82, 2.24) is 4.57 Å². The quantitative estimate of drug-likeness (QED) is 0.161. The van der Waals surface area contributed by atoms with Crippen LogP contribution in [0.3, 0.4) is 0 Å². The monoisotopic (exact) mass is 902 g/mol. The summed E-state index contributed by atoms with van der Waals surface area (Å²) in [5.74, 6) is 0. The summed E-state index contributed by atoms with van der Waals surface area (Å²) in [6.07, 6.45) is 0. The second-order valence-corrected chi connectivity index (χ2v) is 19.1. The number of benzene rings is 11. The third kappa shape index (κ3) is 5.46. The molecule has 2 aliphatic rings. The van der Waals surface area contributed by atoms with E-state index in [1.165, 1.54) is 38.3 Å². The Hall–Kier alpha value is -9.32. The summed E-state index contributed by atoms with van der Waals surface area (Å²) in [6, 6.07) is 86.3. The number of para-hydroxylation sites is 3. The fourth-order valence-electron chi connectivity index (χ4n) is 12.3. The summed E-state index contributed by atoms with van der Waals surface area (Å²) < 4.78 is 16.8. The molecule has 0 amide bonds. The Balaban J connectivity index is 1.12. The number of hydrogen-bond donors (Lipinski definition) is 0. The van der Waals surface area contributed by atoms with E-state index in [2.05, 4.69) is 246 Å². The molecule has 0 fully saturated rings. The molecule has 5 heterocycles. The van der Waals surface area contributed by atoms with Crippen molar-refractivity contribution in [3.63, 3.8) is 0 Å². The SMILES string of the molecule is c1ccc(-c2cc3c4c(c2)-n2c5ccccc5c5cc6c(oc7ccccc76)c(c52)B4c2cc4oc5ccc(-c6ccccc6)cc5c4cc2N3c2c(-c3ccccc3)cccc2-c2ccccc2)cc1. The van der Waals surface area contributed by atoms with E-state index in [0.717, 1.165) is 111 Å².